The normalized spacial score (nSPS) is 12.6. The molecular formula is C25H32N2O5. The highest BCUT2D eigenvalue weighted by Gasteiger charge is 2.30. The Morgan fingerprint density at radius 1 is 0.969 bits per heavy atom. The zero-order chi connectivity index (χ0) is 23.7. The lowest BCUT2D eigenvalue weighted by atomic mass is 10.0. The Balaban J connectivity index is 1.97. The van der Waals surface area contributed by atoms with E-state index in [1.54, 1.807) is 38.1 Å². The van der Waals surface area contributed by atoms with Crippen molar-refractivity contribution in [2.75, 3.05) is 6.61 Å². The predicted octanol–water partition coefficient (Wildman–Crippen LogP) is 3.40. The highest BCUT2D eigenvalue weighted by molar-refractivity contribution is 5.99. The van der Waals surface area contributed by atoms with Gasteiger partial charge in [0.1, 0.15) is 11.8 Å². The number of aryl methyl sites for hydroxylation is 1. The van der Waals surface area contributed by atoms with Gasteiger partial charge in [0.05, 0.1) is 12.2 Å². The van der Waals surface area contributed by atoms with Gasteiger partial charge in [0, 0.05) is 6.54 Å². The van der Waals surface area contributed by atoms with Gasteiger partial charge in [-0.3, -0.25) is 9.59 Å². The first-order valence-electron chi connectivity index (χ1n) is 10.8. The summed E-state index contributed by atoms with van der Waals surface area (Å²) < 4.78 is 10.9. The fraction of sp³-hybridized carbons (Fsp3) is 0.400. The van der Waals surface area contributed by atoms with Crippen LogP contribution in [0.3, 0.4) is 0 Å². The molecule has 0 radical (unpaired) electrons. The van der Waals surface area contributed by atoms with Crippen LogP contribution in [0.2, 0.25) is 0 Å². The Bertz CT molecular complexity index is 924. The standard InChI is InChI=1S/C25H32N2O5/c1-6-31-21-10-8-7-9-20(21)24(29)27-22(16(2)3)25(30)32-18(5)23(28)26-15-19-13-11-17(4)12-14-19/h7-14,16,18,22H,6,15H2,1-5H3,(H,26,28)(H,27,29)/t18?,22-/m0/s1. The molecule has 0 aliphatic rings. The molecule has 2 amide bonds. The Morgan fingerprint density at radius 2 is 1.62 bits per heavy atom. The molecule has 2 aromatic rings. The van der Waals surface area contributed by atoms with Crippen LogP contribution in [0.1, 0.15) is 49.2 Å². The Labute approximate surface area is 189 Å². The third kappa shape index (κ3) is 7.11. The molecule has 0 heterocycles. The number of carbonyl (C=O) groups is 3. The molecule has 32 heavy (non-hydrogen) atoms. The molecular weight excluding hydrogens is 408 g/mol. The average molecular weight is 441 g/mol. The predicted molar refractivity (Wildman–Crippen MR) is 122 cm³/mol. The second-order valence-electron chi connectivity index (χ2n) is 7.91. The summed E-state index contributed by atoms with van der Waals surface area (Å²) in [5, 5.41) is 5.47. The van der Waals surface area contributed by atoms with Crippen molar-refractivity contribution in [1.29, 1.82) is 0 Å². The summed E-state index contributed by atoms with van der Waals surface area (Å²) in [6.07, 6.45) is -0.998. The molecule has 0 aromatic heterocycles. The molecule has 2 rings (SSSR count). The van der Waals surface area contributed by atoms with Crippen molar-refractivity contribution >= 4 is 17.8 Å². The molecule has 0 saturated carbocycles. The van der Waals surface area contributed by atoms with Gasteiger partial charge in [-0.05, 0) is 44.4 Å². The third-order valence-electron chi connectivity index (χ3n) is 4.89. The van der Waals surface area contributed by atoms with E-state index < -0.39 is 29.9 Å². The quantitative estimate of drug-likeness (QED) is 0.553. The molecule has 2 N–H and O–H groups in total. The molecule has 7 heteroatoms. The van der Waals surface area contributed by atoms with E-state index in [-0.39, 0.29) is 5.92 Å². The largest absolute Gasteiger partial charge is 0.493 e. The minimum atomic E-state index is -0.998. The fourth-order valence-electron chi connectivity index (χ4n) is 2.99. The molecule has 2 aromatic carbocycles. The summed E-state index contributed by atoms with van der Waals surface area (Å²) in [7, 11) is 0. The van der Waals surface area contributed by atoms with Gasteiger partial charge in [-0.25, -0.2) is 4.79 Å². The van der Waals surface area contributed by atoms with Crippen molar-refractivity contribution < 1.29 is 23.9 Å². The van der Waals surface area contributed by atoms with Gasteiger partial charge < -0.3 is 20.1 Å². The first-order valence-corrected chi connectivity index (χ1v) is 10.8. The Kier molecular flexibility index (Phi) is 9.25. The average Bonchev–Trinajstić information content (AvgIpc) is 2.76. The number of carbonyl (C=O) groups excluding carboxylic acids is 3. The number of ether oxygens (including phenoxy) is 2. The van der Waals surface area contributed by atoms with Crippen LogP contribution in [0, 0.1) is 12.8 Å². The smallest absolute Gasteiger partial charge is 0.329 e. The summed E-state index contributed by atoms with van der Waals surface area (Å²) in [6, 6.07) is 13.7. The minimum absolute atomic E-state index is 0.242. The van der Waals surface area contributed by atoms with Crippen LogP contribution >= 0.6 is 0 Å². The zero-order valence-corrected chi connectivity index (χ0v) is 19.3. The highest BCUT2D eigenvalue weighted by atomic mass is 16.5. The number of benzene rings is 2. The van der Waals surface area contributed by atoms with Crippen molar-refractivity contribution in [2.45, 2.75) is 53.3 Å². The van der Waals surface area contributed by atoms with Crippen LogP contribution < -0.4 is 15.4 Å². The number of esters is 1. The first-order chi connectivity index (χ1) is 15.2. The van der Waals surface area contributed by atoms with Crippen molar-refractivity contribution in [3.63, 3.8) is 0 Å². The van der Waals surface area contributed by atoms with E-state index in [0.29, 0.717) is 24.5 Å². The summed E-state index contributed by atoms with van der Waals surface area (Å²) in [5.74, 6) is -1.32. The van der Waals surface area contributed by atoms with E-state index >= 15 is 0 Å². The number of para-hydroxylation sites is 1. The molecule has 7 nitrogen and oxygen atoms in total. The van der Waals surface area contributed by atoms with E-state index in [0.717, 1.165) is 11.1 Å². The fourth-order valence-corrected chi connectivity index (χ4v) is 2.99. The zero-order valence-electron chi connectivity index (χ0n) is 19.3. The van der Waals surface area contributed by atoms with Crippen LogP contribution in [0.15, 0.2) is 48.5 Å². The van der Waals surface area contributed by atoms with Crippen molar-refractivity contribution in [3.05, 3.63) is 65.2 Å². The van der Waals surface area contributed by atoms with Gasteiger partial charge >= 0.3 is 5.97 Å². The lowest BCUT2D eigenvalue weighted by molar-refractivity contribution is -0.157. The molecule has 1 unspecified atom stereocenters. The van der Waals surface area contributed by atoms with Gasteiger partial charge in [-0.1, -0.05) is 55.8 Å². The number of hydrogen-bond acceptors (Lipinski definition) is 5. The Hall–Kier alpha value is -3.35. The summed E-state index contributed by atoms with van der Waals surface area (Å²) in [6.45, 7) is 9.66. The van der Waals surface area contributed by atoms with E-state index in [1.165, 1.54) is 6.92 Å². The summed E-state index contributed by atoms with van der Waals surface area (Å²) in [5.41, 5.74) is 2.41. The molecule has 172 valence electrons. The number of nitrogens with one attached hydrogen (secondary N) is 2. The van der Waals surface area contributed by atoms with Gasteiger partial charge in [-0.2, -0.15) is 0 Å². The number of amides is 2. The maximum atomic E-state index is 12.8. The van der Waals surface area contributed by atoms with Crippen LogP contribution in [-0.4, -0.2) is 36.5 Å². The van der Waals surface area contributed by atoms with Crippen LogP contribution in [0.4, 0.5) is 0 Å². The number of rotatable bonds is 10. The second-order valence-corrected chi connectivity index (χ2v) is 7.91. The van der Waals surface area contributed by atoms with Gasteiger partial charge in [0.2, 0.25) is 0 Å². The van der Waals surface area contributed by atoms with Gasteiger partial charge in [0.25, 0.3) is 11.8 Å². The SMILES string of the molecule is CCOc1ccccc1C(=O)N[C@H](C(=O)OC(C)C(=O)NCc1ccc(C)cc1)C(C)C. The minimum Gasteiger partial charge on any atom is -0.493 e. The summed E-state index contributed by atoms with van der Waals surface area (Å²) >= 11 is 0. The maximum Gasteiger partial charge on any atom is 0.329 e. The van der Waals surface area contributed by atoms with Crippen LogP contribution in [-0.2, 0) is 20.9 Å². The van der Waals surface area contributed by atoms with E-state index in [4.69, 9.17) is 9.47 Å². The van der Waals surface area contributed by atoms with Gasteiger partial charge in [-0.15, -0.1) is 0 Å². The van der Waals surface area contributed by atoms with Crippen LogP contribution in [0.5, 0.6) is 5.75 Å². The summed E-state index contributed by atoms with van der Waals surface area (Å²) in [4.78, 5) is 37.9. The molecule has 0 aliphatic heterocycles. The lowest BCUT2D eigenvalue weighted by Gasteiger charge is -2.23. The number of hydrogen-bond donors (Lipinski definition) is 2. The first kappa shape index (κ1) is 24.9. The molecule has 2 atom stereocenters. The highest BCUT2D eigenvalue weighted by Crippen LogP contribution is 2.18. The molecule has 0 fully saturated rings. The lowest BCUT2D eigenvalue weighted by Crippen LogP contribution is -2.47. The third-order valence-corrected chi connectivity index (χ3v) is 4.89. The Morgan fingerprint density at radius 3 is 2.25 bits per heavy atom. The molecule has 0 saturated heterocycles. The van der Waals surface area contributed by atoms with Crippen molar-refractivity contribution in [1.82, 2.24) is 10.6 Å². The van der Waals surface area contributed by atoms with E-state index in [1.807, 2.05) is 38.1 Å². The van der Waals surface area contributed by atoms with Crippen molar-refractivity contribution in [2.24, 2.45) is 5.92 Å². The topological polar surface area (TPSA) is 93.7 Å². The molecule has 0 bridgehead atoms. The molecule has 0 aliphatic carbocycles. The van der Waals surface area contributed by atoms with Gasteiger partial charge in [0.15, 0.2) is 6.10 Å². The second kappa shape index (κ2) is 11.9. The molecule has 0 spiro atoms. The maximum absolute atomic E-state index is 12.8. The van der Waals surface area contributed by atoms with E-state index in [9.17, 15) is 14.4 Å². The van der Waals surface area contributed by atoms with Crippen molar-refractivity contribution in [3.8, 4) is 5.75 Å². The van der Waals surface area contributed by atoms with E-state index in [2.05, 4.69) is 10.6 Å². The van der Waals surface area contributed by atoms with Crippen LogP contribution in [0.25, 0.3) is 0 Å². The monoisotopic (exact) mass is 440 g/mol.